The molecule has 22 heavy (non-hydrogen) atoms. The van der Waals surface area contributed by atoms with Gasteiger partial charge in [-0.25, -0.2) is 0 Å². The summed E-state index contributed by atoms with van der Waals surface area (Å²) in [5, 5.41) is 7.39. The summed E-state index contributed by atoms with van der Waals surface area (Å²) < 4.78 is 5.12. The summed E-state index contributed by atoms with van der Waals surface area (Å²) >= 11 is 5.95. The predicted octanol–water partition coefficient (Wildman–Crippen LogP) is 3.24. The molecule has 0 saturated heterocycles. The van der Waals surface area contributed by atoms with Gasteiger partial charge in [0, 0.05) is 29.2 Å². The molecule has 5 nitrogen and oxygen atoms in total. The van der Waals surface area contributed by atoms with Gasteiger partial charge in [0.1, 0.15) is 5.69 Å². The van der Waals surface area contributed by atoms with Gasteiger partial charge in [-0.2, -0.15) is 0 Å². The zero-order chi connectivity index (χ0) is 15.9. The van der Waals surface area contributed by atoms with Crippen molar-refractivity contribution in [1.82, 2.24) is 10.5 Å². The number of carbonyl (C=O) groups excluding carboxylic acids is 1. The number of benzene rings is 1. The number of hydrogen-bond acceptors (Lipinski definition) is 4. The number of nitrogens with zero attached hydrogens (tertiary/aromatic N) is 1. The fourth-order valence-corrected chi connectivity index (χ4v) is 2.31. The van der Waals surface area contributed by atoms with Gasteiger partial charge in [0.2, 0.25) is 5.76 Å². The maximum atomic E-state index is 12.2. The van der Waals surface area contributed by atoms with E-state index in [9.17, 15) is 4.79 Å². The topological polar surface area (TPSA) is 81.1 Å². The molecule has 1 amide bonds. The van der Waals surface area contributed by atoms with Crippen molar-refractivity contribution in [2.45, 2.75) is 32.2 Å². The molecule has 1 unspecified atom stereocenters. The first kappa shape index (κ1) is 16.5. The number of carbonyl (C=O) groups is 1. The van der Waals surface area contributed by atoms with Crippen LogP contribution in [0.25, 0.3) is 11.3 Å². The van der Waals surface area contributed by atoms with Crippen LogP contribution in [0, 0.1) is 0 Å². The zero-order valence-corrected chi connectivity index (χ0v) is 13.3. The molecule has 6 heteroatoms. The van der Waals surface area contributed by atoms with E-state index in [2.05, 4.69) is 17.4 Å². The van der Waals surface area contributed by atoms with Crippen LogP contribution in [-0.2, 0) is 0 Å². The first-order chi connectivity index (χ1) is 10.6. The number of aromatic nitrogens is 1. The minimum absolute atomic E-state index is 0.0489. The van der Waals surface area contributed by atoms with Crippen molar-refractivity contribution in [1.29, 1.82) is 0 Å². The SMILES string of the molecule is CCCCC(CN)NC(=O)c1cc(-c2cccc(Cl)c2)no1. The van der Waals surface area contributed by atoms with Crippen molar-refractivity contribution in [3.05, 3.63) is 41.1 Å². The number of hydrogen-bond donors (Lipinski definition) is 2. The highest BCUT2D eigenvalue weighted by Crippen LogP contribution is 2.22. The first-order valence-electron chi connectivity index (χ1n) is 7.37. The molecule has 0 fully saturated rings. The maximum absolute atomic E-state index is 12.2. The fraction of sp³-hybridized carbons (Fsp3) is 0.375. The zero-order valence-electron chi connectivity index (χ0n) is 12.5. The summed E-state index contributed by atoms with van der Waals surface area (Å²) in [6.07, 6.45) is 2.94. The van der Waals surface area contributed by atoms with Crippen LogP contribution in [0.1, 0.15) is 36.7 Å². The Bertz CT molecular complexity index is 627. The van der Waals surface area contributed by atoms with Crippen molar-refractivity contribution in [3.8, 4) is 11.3 Å². The third-order valence-corrected chi connectivity index (χ3v) is 3.62. The molecule has 1 aromatic carbocycles. The Morgan fingerprint density at radius 2 is 2.27 bits per heavy atom. The van der Waals surface area contributed by atoms with Crippen LogP contribution in [0.2, 0.25) is 5.02 Å². The van der Waals surface area contributed by atoms with Crippen molar-refractivity contribution >= 4 is 17.5 Å². The smallest absolute Gasteiger partial charge is 0.290 e. The number of amides is 1. The monoisotopic (exact) mass is 321 g/mol. The van der Waals surface area contributed by atoms with Gasteiger partial charge in [-0.1, -0.05) is 48.7 Å². The van der Waals surface area contributed by atoms with Gasteiger partial charge in [-0.3, -0.25) is 4.79 Å². The third-order valence-electron chi connectivity index (χ3n) is 3.38. The van der Waals surface area contributed by atoms with Crippen LogP contribution in [-0.4, -0.2) is 23.7 Å². The summed E-state index contributed by atoms with van der Waals surface area (Å²) in [6.45, 7) is 2.50. The average molecular weight is 322 g/mol. The van der Waals surface area contributed by atoms with E-state index in [0.29, 0.717) is 17.3 Å². The van der Waals surface area contributed by atoms with Crippen LogP contribution in [0.3, 0.4) is 0 Å². The minimum Gasteiger partial charge on any atom is -0.350 e. The molecule has 1 aromatic heterocycles. The first-order valence-corrected chi connectivity index (χ1v) is 7.75. The number of nitrogens with two attached hydrogens (primary N) is 1. The van der Waals surface area contributed by atoms with Crippen LogP contribution in [0.5, 0.6) is 0 Å². The molecule has 0 aliphatic rings. The maximum Gasteiger partial charge on any atom is 0.290 e. The Hall–Kier alpha value is -1.85. The predicted molar refractivity (Wildman–Crippen MR) is 86.8 cm³/mol. The lowest BCUT2D eigenvalue weighted by atomic mass is 10.1. The normalized spacial score (nSPS) is 12.1. The van der Waals surface area contributed by atoms with E-state index < -0.39 is 0 Å². The second kappa shape index (κ2) is 7.96. The second-order valence-electron chi connectivity index (χ2n) is 5.14. The fourth-order valence-electron chi connectivity index (χ4n) is 2.12. The van der Waals surface area contributed by atoms with E-state index in [1.165, 1.54) is 0 Å². The number of halogens is 1. The number of rotatable bonds is 7. The molecule has 0 bridgehead atoms. The Balaban J connectivity index is 2.05. The van der Waals surface area contributed by atoms with Gasteiger partial charge in [-0.15, -0.1) is 0 Å². The molecule has 0 aliphatic heterocycles. The highest BCUT2D eigenvalue weighted by Gasteiger charge is 2.17. The third kappa shape index (κ3) is 4.32. The van der Waals surface area contributed by atoms with E-state index in [4.69, 9.17) is 21.9 Å². The van der Waals surface area contributed by atoms with Crippen molar-refractivity contribution < 1.29 is 9.32 Å². The van der Waals surface area contributed by atoms with Gasteiger partial charge in [0.25, 0.3) is 5.91 Å². The highest BCUT2D eigenvalue weighted by atomic mass is 35.5. The molecule has 0 aliphatic carbocycles. The number of nitrogens with one attached hydrogen (secondary N) is 1. The summed E-state index contributed by atoms with van der Waals surface area (Å²) in [5.74, 6) is -0.128. The minimum atomic E-state index is -0.299. The van der Waals surface area contributed by atoms with E-state index in [1.54, 1.807) is 18.2 Å². The summed E-state index contributed by atoms with van der Waals surface area (Å²) in [7, 11) is 0. The van der Waals surface area contributed by atoms with Gasteiger partial charge >= 0.3 is 0 Å². The van der Waals surface area contributed by atoms with E-state index in [-0.39, 0.29) is 17.7 Å². The van der Waals surface area contributed by atoms with Gasteiger partial charge < -0.3 is 15.6 Å². The Morgan fingerprint density at radius 1 is 1.45 bits per heavy atom. The Kier molecular flexibility index (Phi) is 5.98. The van der Waals surface area contributed by atoms with Crippen LogP contribution < -0.4 is 11.1 Å². The average Bonchev–Trinajstić information content (AvgIpc) is 3.01. The van der Waals surface area contributed by atoms with E-state index in [1.807, 2.05) is 12.1 Å². The van der Waals surface area contributed by atoms with Crippen molar-refractivity contribution in [2.75, 3.05) is 6.54 Å². The molecule has 0 saturated carbocycles. The van der Waals surface area contributed by atoms with Gasteiger partial charge in [-0.05, 0) is 18.6 Å². The Morgan fingerprint density at radius 3 is 2.95 bits per heavy atom. The van der Waals surface area contributed by atoms with Crippen LogP contribution >= 0.6 is 11.6 Å². The quantitative estimate of drug-likeness (QED) is 0.820. The second-order valence-corrected chi connectivity index (χ2v) is 5.57. The highest BCUT2D eigenvalue weighted by molar-refractivity contribution is 6.30. The van der Waals surface area contributed by atoms with E-state index in [0.717, 1.165) is 24.8 Å². The molecule has 1 atom stereocenters. The standard InChI is InChI=1S/C16H20ClN3O2/c1-2-3-7-13(10-18)19-16(21)15-9-14(20-22-15)11-5-4-6-12(17)8-11/h4-6,8-9,13H,2-3,7,10,18H2,1H3,(H,19,21). The van der Waals surface area contributed by atoms with Gasteiger partial charge in [0.05, 0.1) is 0 Å². The molecule has 118 valence electrons. The lowest BCUT2D eigenvalue weighted by molar-refractivity contribution is 0.0898. The van der Waals surface area contributed by atoms with Crippen LogP contribution in [0.4, 0.5) is 0 Å². The molecule has 0 spiro atoms. The molecule has 1 heterocycles. The lowest BCUT2D eigenvalue weighted by Gasteiger charge is -2.14. The summed E-state index contributed by atoms with van der Waals surface area (Å²) in [6, 6.07) is 8.78. The molecule has 2 aromatic rings. The lowest BCUT2D eigenvalue weighted by Crippen LogP contribution is -2.40. The molecular weight excluding hydrogens is 302 g/mol. The van der Waals surface area contributed by atoms with Crippen molar-refractivity contribution in [2.24, 2.45) is 5.73 Å². The molecular formula is C16H20ClN3O2. The summed E-state index contributed by atoms with van der Waals surface area (Å²) in [5.41, 5.74) is 7.05. The van der Waals surface area contributed by atoms with E-state index >= 15 is 0 Å². The summed E-state index contributed by atoms with van der Waals surface area (Å²) in [4.78, 5) is 12.2. The molecule has 2 rings (SSSR count). The number of unbranched alkanes of at least 4 members (excludes halogenated alkanes) is 1. The van der Waals surface area contributed by atoms with Crippen LogP contribution in [0.15, 0.2) is 34.9 Å². The van der Waals surface area contributed by atoms with Gasteiger partial charge in [0.15, 0.2) is 0 Å². The molecule has 3 N–H and O–H groups in total. The largest absolute Gasteiger partial charge is 0.350 e. The van der Waals surface area contributed by atoms with Crippen molar-refractivity contribution in [3.63, 3.8) is 0 Å². The molecule has 0 radical (unpaired) electrons. The Labute approximate surface area is 134 Å².